The van der Waals surface area contributed by atoms with Gasteiger partial charge in [0.15, 0.2) is 0 Å². The number of cyclic esters (lactones) is 1. The van der Waals surface area contributed by atoms with Crippen molar-refractivity contribution in [1.29, 1.82) is 0 Å². The highest BCUT2D eigenvalue weighted by atomic mass is 19.1. The molecule has 1 amide bonds. The Morgan fingerprint density at radius 2 is 2.10 bits per heavy atom. The molecule has 2 fully saturated rings. The zero-order valence-corrected chi connectivity index (χ0v) is 16.4. The van der Waals surface area contributed by atoms with Gasteiger partial charge in [-0.15, -0.1) is 0 Å². The van der Waals surface area contributed by atoms with E-state index in [4.69, 9.17) is 9.47 Å². The van der Waals surface area contributed by atoms with E-state index in [2.05, 4.69) is 29.7 Å². The summed E-state index contributed by atoms with van der Waals surface area (Å²) in [4.78, 5) is 13.8. The number of nitrogens with zero attached hydrogens (tertiary/aromatic N) is 1. The van der Waals surface area contributed by atoms with E-state index in [9.17, 15) is 9.18 Å². The lowest BCUT2D eigenvalue weighted by molar-refractivity contribution is 0.0255. The molecule has 2 aliphatic heterocycles. The highest BCUT2D eigenvalue weighted by Gasteiger charge is 2.33. The molecule has 1 unspecified atom stereocenters. The fourth-order valence-corrected chi connectivity index (χ4v) is 3.72. The molecule has 29 heavy (non-hydrogen) atoms. The first kappa shape index (κ1) is 19.8. The fraction of sp³-hybridized carbons (Fsp3) is 0.409. The summed E-state index contributed by atoms with van der Waals surface area (Å²) in [7, 11) is 0. The maximum Gasteiger partial charge on any atom is 0.414 e. The average Bonchev–Trinajstić information content (AvgIpc) is 3.13. The largest absolute Gasteiger partial charge is 0.443 e. The number of morpholine rings is 1. The van der Waals surface area contributed by atoms with Crippen LogP contribution in [0.15, 0.2) is 48.5 Å². The third-order valence-electron chi connectivity index (χ3n) is 5.40. The van der Waals surface area contributed by atoms with Crippen molar-refractivity contribution < 1.29 is 18.7 Å². The lowest BCUT2D eigenvalue weighted by Gasteiger charge is -2.25. The van der Waals surface area contributed by atoms with Gasteiger partial charge in [-0.25, -0.2) is 9.18 Å². The second-order valence-electron chi connectivity index (χ2n) is 7.43. The van der Waals surface area contributed by atoms with Crippen LogP contribution in [-0.4, -0.2) is 45.0 Å². The van der Waals surface area contributed by atoms with Crippen molar-refractivity contribution in [2.24, 2.45) is 0 Å². The Kier molecular flexibility index (Phi) is 6.08. The zero-order chi connectivity index (χ0) is 20.2. The van der Waals surface area contributed by atoms with Crippen molar-refractivity contribution >= 4 is 11.8 Å². The van der Waals surface area contributed by atoms with Crippen LogP contribution in [0.4, 0.5) is 14.9 Å². The number of anilines is 1. The van der Waals surface area contributed by atoms with Gasteiger partial charge in [-0.05, 0) is 24.6 Å². The number of hydrogen-bond acceptors (Lipinski definition) is 5. The zero-order valence-electron chi connectivity index (χ0n) is 16.4. The van der Waals surface area contributed by atoms with E-state index in [-0.39, 0.29) is 24.1 Å². The Morgan fingerprint density at radius 3 is 2.83 bits per heavy atom. The molecule has 3 atom stereocenters. The lowest BCUT2D eigenvalue weighted by atomic mass is 10.1. The van der Waals surface area contributed by atoms with Gasteiger partial charge in [-0.1, -0.05) is 36.4 Å². The molecule has 7 heteroatoms. The summed E-state index contributed by atoms with van der Waals surface area (Å²) >= 11 is 0. The molecular weight excluding hydrogens is 373 g/mol. The number of halogens is 1. The molecule has 4 rings (SSSR count). The minimum absolute atomic E-state index is 0.143. The van der Waals surface area contributed by atoms with E-state index in [1.54, 1.807) is 12.1 Å². The molecule has 6 nitrogen and oxygen atoms in total. The Morgan fingerprint density at radius 1 is 1.28 bits per heavy atom. The van der Waals surface area contributed by atoms with E-state index in [1.165, 1.54) is 16.5 Å². The van der Waals surface area contributed by atoms with Gasteiger partial charge in [0, 0.05) is 31.2 Å². The Labute approximate surface area is 170 Å². The van der Waals surface area contributed by atoms with Crippen LogP contribution >= 0.6 is 0 Å². The van der Waals surface area contributed by atoms with Gasteiger partial charge < -0.3 is 20.1 Å². The standard InChI is InChI=1S/C22H26FN3O3/c1-15(16-5-3-2-4-6-16)25-12-18-14-26(22(27)29-18)17-7-8-19(20(23)11-17)21-13-24-9-10-28-21/h2-8,11,15,18,21,24-25H,9-10,12-14H2,1H3/t15-,18-,21?/m0/s1. The Bertz CT molecular complexity index is 842. The molecule has 154 valence electrons. The molecule has 0 spiro atoms. The smallest absolute Gasteiger partial charge is 0.414 e. The number of hydrogen-bond donors (Lipinski definition) is 2. The molecule has 0 bridgehead atoms. The Balaban J connectivity index is 1.37. The van der Waals surface area contributed by atoms with Gasteiger partial charge in [0.1, 0.15) is 11.9 Å². The molecule has 0 aliphatic carbocycles. The van der Waals surface area contributed by atoms with E-state index < -0.39 is 6.09 Å². The summed E-state index contributed by atoms with van der Waals surface area (Å²) in [6.45, 7) is 4.89. The SMILES string of the molecule is C[C@H](NC[C@H]1CN(c2ccc(C3CNCCO3)c(F)c2)C(=O)O1)c1ccccc1. The van der Waals surface area contributed by atoms with Crippen molar-refractivity contribution in [2.45, 2.75) is 25.2 Å². The minimum Gasteiger partial charge on any atom is -0.443 e. The summed E-state index contributed by atoms with van der Waals surface area (Å²) in [5.74, 6) is -0.372. The van der Waals surface area contributed by atoms with Crippen molar-refractivity contribution in [2.75, 3.05) is 37.7 Å². The first-order valence-corrected chi connectivity index (χ1v) is 10.00. The highest BCUT2D eigenvalue weighted by molar-refractivity contribution is 5.89. The van der Waals surface area contributed by atoms with Gasteiger partial charge in [0.05, 0.1) is 24.9 Å². The van der Waals surface area contributed by atoms with Gasteiger partial charge in [0.25, 0.3) is 0 Å². The summed E-state index contributed by atoms with van der Waals surface area (Å²) in [5.41, 5.74) is 2.17. The van der Waals surface area contributed by atoms with Crippen molar-refractivity contribution in [3.63, 3.8) is 0 Å². The molecule has 0 radical (unpaired) electrons. The second kappa shape index (κ2) is 8.90. The van der Waals surface area contributed by atoms with E-state index in [0.717, 1.165) is 6.54 Å². The molecule has 2 N–H and O–H groups in total. The normalized spacial score (nSPS) is 23.1. The quantitative estimate of drug-likeness (QED) is 0.781. The molecule has 2 aromatic rings. The van der Waals surface area contributed by atoms with Gasteiger partial charge in [0.2, 0.25) is 0 Å². The number of carbonyl (C=O) groups is 1. The minimum atomic E-state index is -0.452. The number of nitrogens with one attached hydrogen (secondary N) is 2. The van der Waals surface area contributed by atoms with E-state index >= 15 is 0 Å². The monoisotopic (exact) mass is 399 g/mol. The first-order valence-electron chi connectivity index (χ1n) is 10.00. The maximum absolute atomic E-state index is 14.7. The average molecular weight is 399 g/mol. The summed E-state index contributed by atoms with van der Waals surface area (Å²) in [5, 5.41) is 6.59. The number of carbonyl (C=O) groups excluding carboxylic acids is 1. The molecule has 0 saturated carbocycles. The summed E-state index contributed by atoms with van der Waals surface area (Å²) < 4.78 is 25.7. The van der Waals surface area contributed by atoms with Crippen LogP contribution in [0.3, 0.4) is 0 Å². The van der Waals surface area contributed by atoms with Crippen LogP contribution in [0.25, 0.3) is 0 Å². The van der Waals surface area contributed by atoms with E-state index in [0.29, 0.717) is 37.5 Å². The predicted molar refractivity (Wildman–Crippen MR) is 108 cm³/mol. The first-order chi connectivity index (χ1) is 14.1. The van der Waals surface area contributed by atoms with Crippen LogP contribution in [0.1, 0.15) is 30.2 Å². The molecule has 2 heterocycles. The van der Waals surface area contributed by atoms with Crippen LogP contribution in [-0.2, 0) is 9.47 Å². The van der Waals surface area contributed by atoms with Crippen molar-refractivity contribution in [1.82, 2.24) is 10.6 Å². The molecule has 2 aliphatic rings. The number of amides is 1. The molecule has 0 aromatic heterocycles. The van der Waals surface area contributed by atoms with Gasteiger partial charge in [-0.3, -0.25) is 4.90 Å². The number of rotatable bonds is 6. The highest BCUT2D eigenvalue weighted by Crippen LogP contribution is 2.28. The van der Waals surface area contributed by atoms with Crippen LogP contribution < -0.4 is 15.5 Å². The van der Waals surface area contributed by atoms with Crippen molar-refractivity contribution in [3.8, 4) is 0 Å². The lowest BCUT2D eigenvalue weighted by Crippen LogP contribution is -2.34. The van der Waals surface area contributed by atoms with Crippen LogP contribution in [0.2, 0.25) is 0 Å². The topological polar surface area (TPSA) is 62.8 Å². The van der Waals surface area contributed by atoms with Crippen molar-refractivity contribution in [3.05, 3.63) is 65.5 Å². The van der Waals surface area contributed by atoms with Gasteiger partial charge >= 0.3 is 6.09 Å². The third-order valence-corrected chi connectivity index (χ3v) is 5.40. The fourth-order valence-electron chi connectivity index (χ4n) is 3.72. The van der Waals surface area contributed by atoms with E-state index in [1.807, 2.05) is 18.2 Å². The number of ether oxygens (including phenoxy) is 2. The molecule has 2 aromatic carbocycles. The number of benzene rings is 2. The molecular formula is C22H26FN3O3. The van der Waals surface area contributed by atoms with Crippen LogP contribution in [0, 0.1) is 5.82 Å². The van der Waals surface area contributed by atoms with Crippen LogP contribution in [0.5, 0.6) is 0 Å². The van der Waals surface area contributed by atoms with Gasteiger partial charge in [-0.2, -0.15) is 0 Å². The predicted octanol–water partition coefficient (Wildman–Crippen LogP) is 3.16. The molecule has 2 saturated heterocycles. The Hall–Kier alpha value is -2.48. The summed E-state index contributed by atoms with van der Waals surface area (Å²) in [6, 6.07) is 15.1. The second-order valence-corrected chi connectivity index (χ2v) is 7.43. The third kappa shape index (κ3) is 4.58. The maximum atomic E-state index is 14.7. The summed E-state index contributed by atoms with van der Waals surface area (Å²) in [6.07, 6.45) is -1.05.